The molecule has 0 fully saturated rings. The molecule has 8 heteroatoms. The van der Waals surface area contributed by atoms with Gasteiger partial charge < -0.3 is 10.4 Å². The van der Waals surface area contributed by atoms with E-state index in [1.54, 1.807) is 6.92 Å². The lowest BCUT2D eigenvalue weighted by molar-refractivity contribution is -0.380. The summed E-state index contributed by atoms with van der Waals surface area (Å²) in [7, 11) is 0. The van der Waals surface area contributed by atoms with Crippen LogP contribution in [-0.2, 0) is 4.79 Å². The number of carboxylic acid groups (broad SMARTS) is 1. The van der Waals surface area contributed by atoms with Crippen LogP contribution in [0.2, 0.25) is 0 Å². The maximum Gasteiger partial charge on any atom is 0.324 e. The monoisotopic (exact) mass is 286 g/mol. The third kappa shape index (κ3) is 5.04. The maximum absolute atomic E-state index is 11.7. The molecule has 1 atom stereocenters. The SMILES string of the molecule is CC(CCCC(=O)O)NC(=O)c1ccc([N+](=O)[O-])s1. The van der Waals surface area contributed by atoms with Crippen LogP contribution in [0.1, 0.15) is 35.9 Å². The first-order chi connectivity index (χ1) is 8.90. The van der Waals surface area contributed by atoms with Gasteiger partial charge in [0.25, 0.3) is 5.91 Å². The van der Waals surface area contributed by atoms with E-state index in [1.165, 1.54) is 12.1 Å². The molecule has 104 valence electrons. The normalized spacial score (nSPS) is 11.8. The van der Waals surface area contributed by atoms with E-state index in [4.69, 9.17) is 5.11 Å². The Bertz CT molecular complexity index is 485. The van der Waals surface area contributed by atoms with Gasteiger partial charge in [-0.05, 0) is 25.8 Å². The fraction of sp³-hybridized carbons (Fsp3) is 0.455. The van der Waals surface area contributed by atoms with Crippen molar-refractivity contribution in [2.75, 3.05) is 0 Å². The van der Waals surface area contributed by atoms with Gasteiger partial charge in [0, 0.05) is 18.5 Å². The van der Waals surface area contributed by atoms with Crippen LogP contribution in [0.25, 0.3) is 0 Å². The zero-order valence-corrected chi connectivity index (χ0v) is 11.1. The molecule has 7 nitrogen and oxygen atoms in total. The summed E-state index contributed by atoms with van der Waals surface area (Å²) in [5.41, 5.74) is 0. The average molecular weight is 286 g/mol. The van der Waals surface area contributed by atoms with Crippen molar-refractivity contribution in [3.63, 3.8) is 0 Å². The maximum atomic E-state index is 11.7. The van der Waals surface area contributed by atoms with Crippen LogP contribution in [0.3, 0.4) is 0 Å². The molecule has 1 rings (SSSR count). The fourth-order valence-corrected chi connectivity index (χ4v) is 2.20. The molecule has 0 aliphatic rings. The van der Waals surface area contributed by atoms with Crippen molar-refractivity contribution in [3.05, 3.63) is 27.1 Å². The lowest BCUT2D eigenvalue weighted by Gasteiger charge is -2.12. The molecule has 0 bridgehead atoms. The lowest BCUT2D eigenvalue weighted by Crippen LogP contribution is -2.32. The molecule has 1 aromatic rings. The molecular formula is C11H14N2O5S. The minimum absolute atomic E-state index is 0.0602. The van der Waals surface area contributed by atoms with E-state index < -0.39 is 10.9 Å². The zero-order valence-electron chi connectivity index (χ0n) is 10.3. The topological polar surface area (TPSA) is 110 Å². The molecule has 1 unspecified atom stereocenters. The number of nitrogens with one attached hydrogen (secondary N) is 1. The number of carboxylic acids is 1. The number of rotatable bonds is 7. The van der Waals surface area contributed by atoms with Gasteiger partial charge in [-0.15, -0.1) is 0 Å². The molecule has 0 aromatic carbocycles. The molecule has 0 radical (unpaired) electrons. The van der Waals surface area contributed by atoms with Crippen molar-refractivity contribution in [3.8, 4) is 0 Å². The van der Waals surface area contributed by atoms with Crippen molar-refractivity contribution in [2.45, 2.75) is 32.2 Å². The Balaban J connectivity index is 2.45. The largest absolute Gasteiger partial charge is 0.481 e. The highest BCUT2D eigenvalue weighted by molar-refractivity contribution is 7.17. The molecule has 2 N–H and O–H groups in total. The number of nitro groups is 1. The lowest BCUT2D eigenvalue weighted by atomic mass is 10.1. The number of hydrogen-bond acceptors (Lipinski definition) is 5. The van der Waals surface area contributed by atoms with Gasteiger partial charge in [0.15, 0.2) is 0 Å². The van der Waals surface area contributed by atoms with Gasteiger partial charge in [-0.25, -0.2) is 0 Å². The average Bonchev–Trinajstić information content (AvgIpc) is 2.77. The molecule has 1 heterocycles. The van der Waals surface area contributed by atoms with Crippen LogP contribution in [0, 0.1) is 10.1 Å². The molecule has 0 saturated carbocycles. The number of thiophene rings is 1. The molecule has 1 amide bonds. The highest BCUT2D eigenvalue weighted by Crippen LogP contribution is 2.23. The van der Waals surface area contributed by atoms with E-state index in [-0.39, 0.29) is 28.2 Å². The fourth-order valence-electron chi connectivity index (χ4n) is 1.47. The minimum atomic E-state index is -0.868. The van der Waals surface area contributed by atoms with E-state index in [0.717, 1.165) is 11.3 Å². The number of carbonyl (C=O) groups is 2. The number of carbonyl (C=O) groups excluding carboxylic acids is 1. The van der Waals surface area contributed by atoms with Crippen molar-refractivity contribution in [2.24, 2.45) is 0 Å². The van der Waals surface area contributed by atoms with Gasteiger partial charge >= 0.3 is 11.0 Å². The second-order valence-electron chi connectivity index (χ2n) is 4.06. The summed E-state index contributed by atoms with van der Waals surface area (Å²) in [6.45, 7) is 1.77. The highest BCUT2D eigenvalue weighted by Gasteiger charge is 2.16. The van der Waals surface area contributed by atoms with E-state index in [1.807, 2.05) is 0 Å². The van der Waals surface area contributed by atoms with E-state index in [2.05, 4.69) is 5.32 Å². The number of aliphatic carboxylic acids is 1. The molecular weight excluding hydrogens is 272 g/mol. The van der Waals surface area contributed by atoms with E-state index in [9.17, 15) is 19.7 Å². The van der Waals surface area contributed by atoms with Gasteiger partial charge in [-0.1, -0.05) is 11.3 Å². The molecule has 0 spiro atoms. The second-order valence-corrected chi connectivity index (χ2v) is 5.12. The first-order valence-electron chi connectivity index (χ1n) is 5.67. The summed E-state index contributed by atoms with van der Waals surface area (Å²) in [4.78, 5) is 32.3. The quantitative estimate of drug-likeness (QED) is 0.588. The van der Waals surface area contributed by atoms with Crippen LogP contribution in [0.5, 0.6) is 0 Å². The number of hydrogen-bond donors (Lipinski definition) is 2. The van der Waals surface area contributed by atoms with Gasteiger partial charge in [-0.2, -0.15) is 0 Å². The predicted octanol–water partition coefficient (Wildman–Crippen LogP) is 2.03. The van der Waals surface area contributed by atoms with Crippen molar-refractivity contribution < 1.29 is 19.6 Å². The van der Waals surface area contributed by atoms with Gasteiger partial charge in [0.2, 0.25) is 0 Å². The molecule has 0 saturated heterocycles. The summed E-state index contributed by atoms with van der Waals surface area (Å²) >= 11 is 0.815. The van der Waals surface area contributed by atoms with Crippen LogP contribution in [0.4, 0.5) is 5.00 Å². The van der Waals surface area contributed by atoms with Crippen molar-refractivity contribution in [1.82, 2.24) is 5.32 Å². The molecule has 1 aromatic heterocycles. The summed E-state index contributed by atoms with van der Waals surface area (Å²) in [6, 6.07) is 2.52. The standard InChI is InChI=1S/C11H14N2O5S/c1-7(3-2-4-10(14)15)12-11(16)8-5-6-9(19-8)13(17)18/h5-7H,2-4H2,1H3,(H,12,16)(H,14,15). The van der Waals surface area contributed by atoms with Crippen molar-refractivity contribution >= 4 is 28.2 Å². The highest BCUT2D eigenvalue weighted by atomic mass is 32.1. The van der Waals surface area contributed by atoms with Crippen LogP contribution in [0.15, 0.2) is 12.1 Å². The summed E-state index contributed by atoms with van der Waals surface area (Å²) in [5, 5.41) is 21.6. The Morgan fingerprint density at radius 3 is 2.74 bits per heavy atom. The van der Waals surface area contributed by atoms with Crippen molar-refractivity contribution in [1.29, 1.82) is 0 Å². The van der Waals surface area contributed by atoms with Gasteiger partial charge in [-0.3, -0.25) is 19.7 Å². The predicted molar refractivity (Wildman–Crippen MR) is 69.4 cm³/mol. The summed E-state index contributed by atoms with van der Waals surface area (Å²) < 4.78 is 0. The Morgan fingerprint density at radius 1 is 1.53 bits per heavy atom. The third-order valence-electron chi connectivity index (χ3n) is 2.40. The first-order valence-corrected chi connectivity index (χ1v) is 6.48. The van der Waals surface area contributed by atoms with E-state index >= 15 is 0 Å². The van der Waals surface area contributed by atoms with Crippen LogP contribution < -0.4 is 5.32 Å². The molecule has 19 heavy (non-hydrogen) atoms. The summed E-state index contributed by atoms with van der Waals surface area (Å²) in [6.07, 6.45) is 1.08. The third-order valence-corrected chi connectivity index (χ3v) is 3.44. The van der Waals surface area contributed by atoms with Gasteiger partial charge in [0.05, 0.1) is 9.80 Å². The Labute approximate surface area is 113 Å². The molecule has 0 aliphatic carbocycles. The Hall–Kier alpha value is -1.96. The van der Waals surface area contributed by atoms with E-state index in [0.29, 0.717) is 12.8 Å². The number of nitrogens with zero attached hydrogens (tertiary/aromatic N) is 1. The Morgan fingerprint density at radius 2 is 2.21 bits per heavy atom. The summed E-state index contributed by atoms with van der Waals surface area (Å²) in [5.74, 6) is -1.24. The minimum Gasteiger partial charge on any atom is -0.481 e. The second kappa shape index (κ2) is 6.83. The smallest absolute Gasteiger partial charge is 0.324 e. The Kier molecular flexibility index (Phi) is 5.43. The zero-order chi connectivity index (χ0) is 14.4. The van der Waals surface area contributed by atoms with Crippen LogP contribution >= 0.6 is 11.3 Å². The number of amides is 1. The first kappa shape index (κ1) is 15.1. The molecule has 0 aliphatic heterocycles. The van der Waals surface area contributed by atoms with Gasteiger partial charge in [0.1, 0.15) is 0 Å². The van der Waals surface area contributed by atoms with Crippen LogP contribution in [-0.4, -0.2) is 27.9 Å².